The van der Waals surface area contributed by atoms with Crippen LogP contribution in [0.1, 0.15) is 13.8 Å². The van der Waals surface area contributed by atoms with Gasteiger partial charge in [0.2, 0.25) is 5.91 Å². The standard InChI is InChI=1S/C19H26N4O3/c1-14(2)11-22-7-8-26-16(12-22)10-20-18(24)13-23-19(25)17-6-4-3-5-15(17)9-21-23/h3-6,9,14,16H,7-8,10-13H2,1-2H3,(H,20,24)/t16-/m1/s1. The zero-order chi connectivity index (χ0) is 18.5. The number of carbonyl (C=O) groups is 1. The zero-order valence-electron chi connectivity index (χ0n) is 15.4. The van der Waals surface area contributed by atoms with Gasteiger partial charge in [-0.05, 0) is 12.0 Å². The van der Waals surface area contributed by atoms with E-state index < -0.39 is 0 Å². The van der Waals surface area contributed by atoms with Gasteiger partial charge in [0.1, 0.15) is 6.54 Å². The number of nitrogens with one attached hydrogen (secondary N) is 1. The smallest absolute Gasteiger partial charge is 0.275 e. The fraction of sp³-hybridized carbons (Fsp3) is 0.526. The van der Waals surface area contributed by atoms with Gasteiger partial charge in [-0.1, -0.05) is 32.0 Å². The number of ether oxygens (including phenoxy) is 1. The predicted octanol–water partition coefficient (Wildman–Crippen LogP) is 0.869. The van der Waals surface area contributed by atoms with Crippen LogP contribution in [0.2, 0.25) is 0 Å². The number of morpholine rings is 1. The van der Waals surface area contributed by atoms with Crippen molar-refractivity contribution in [3.63, 3.8) is 0 Å². The molecule has 3 rings (SSSR count). The third-order valence-electron chi connectivity index (χ3n) is 4.43. The summed E-state index contributed by atoms with van der Waals surface area (Å²) in [6.07, 6.45) is 1.59. The number of aromatic nitrogens is 2. The molecule has 1 aromatic carbocycles. The Labute approximate surface area is 152 Å². The molecule has 1 N–H and O–H groups in total. The van der Waals surface area contributed by atoms with E-state index in [-0.39, 0.29) is 24.1 Å². The molecular weight excluding hydrogens is 332 g/mol. The molecule has 0 spiro atoms. The highest BCUT2D eigenvalue weighted by molar-refractivity contribution is 5.81. The van der Waals surface area contributed by atoms with Crippen molar-refractivity contribution in [2.24, 2.45) is 5.92 Å². The molecule has 26 heavy (non-hydrogen) atoms. The van der Waals surface area contributed by atoms with Gasteiger partial charge in [0, 0.05) is 31.6 Å². The first-order valence-electron chi connectivity index (χ1n) is 9.08. The second kappa shape index (κ2) is 8.42. The average molecular weight is 358 g/mol. The summed E-state index contributed by atoms with van der Waals surface area (Å²) in [6.45, 7) is 8.19. The molecule has 0 bridgehead atoms. The number of fused-ring (bicyclic) bond motifs is 1. The SMILES string of the molecule is CC(C)CN1CCO[C@H](CNC(=O)Cn2ncc3ccccc3c2=O)C1. The Morgan fingerprint density at radius 3 is 3.00 bits per heavy atom. The van der Waals surface area contributed by atoms with Crippen LogP contribution in [0.15, 0.2) is 35.3 Å². The molecule has 1 fully saturated rings. The number of hydrogen-bond acceptors (Lipinski definition) is 5. The van der Waals surface area contributed by atoms with Crippen molar-refractivity contribution in [1.29, 1.82) is 0 Å². The van der Waals surface area contributed by atoms with E-state index in [4.69, 9.17) is 4.74 Å². The fourth-order valence-corrected chi connectivity index (χ4v) is 3.25. The quantitative estimate of drug-likeness (QED) is 0.829. The van der Waals surface area contributed by atoms with E-state index in [1.807, 2.05) is 12.1 Å². The van der Waals surface area contributed by atoms with Gasteiger partial charge in [-0.3, -0.25) is 14.5 Å². The van der Waals surface area contributed by atoms with E-state index in [2.05, 4.69) is 29.2 Å². The number of hydrogen-bond donors (Lipinski definition) is 1. The summed E-state index contributed by atoms with van der Waals surface area (Å²) in [5, 5.41) is 8.29. The van der Waals surface area contributed by atoms with Crippen molar-refractivity contribution in [2.75, 3.05) is 32.8 Å². The van der Waals surface area contributed by atoms with Crippen LogP contribution in [-0.4, -0.2) is 59.5 Å². The van der Waals surface area contributed by atoms with Crippen molar-refractivity contribution >= 4 is 16.7 Å². The van der Waals surface area contributed by atoms with Gasteiger partial charge in [-0.2, -0.15) is 5.10 Å². The van der Waals surface area contributed by atoms with Gasteiger partial charge in [0.15, 0.2) is 0 Å². The van der Waals surface area contributed by atoms with Crippen LogP contribution in [0.4, 0.5) is 0 Å². The summed E-state index contributed by atoms with van der Waals surface area (Å²) in [5.41, 5.74) is -0.254. The van der Waals surface area contributed by atoms with E-state index in [1.165, 1.54) is 4.68 Å². The Morgan fingerprint density at radius 2 is 2.19 bits per heavy atom. The molecule has 1 saturated heterocycles. The van der Waals surface area contributed by atoms with Gasteiger partial charge in [-0.25, -0.2) is 4.68 Å². The Bertz CT molecular complexity index is 818. The minimum atomic E-state index is -0.254. The Balaban J connectivity index is 1.54. The topological polar surface area (TPSA) is 76.5 Å². The molecule has 1 amide bonds. The molecule has 0 saturated carbocycles. The number of rotatable bonds is 6. The summed E-state index contributed by atoms with van der Waals surface area (Å²) >= 11 is 0. The van der Waals surface area contributed by atoms with Crippen LogP contribution in [-0.2, 0) is 16.1 Å². The van der Waals surface area contributed by atoms with Gasteiger partial charge in [0.25, 0.3) is 5.56 Å². The van der Waals surface area contributed by atoms with Crippen LogP contribution in [0, 0.1) is 5.92 Å². The third kappa shape index (κ3) is 4.68. The minimum absolute atomic E-state index is 0.0206. The predicted molar refractivity (Wildman–Crippen MR) is 100 cm³/mol. The van der Waals surface area contributed by atoms with Crippen molar-refractivity contribution in [2.45, 2.75) is 26.5 Å². The molecule has 140 valence electrons. The first-order valence-corrected chi connectivity index (χ1v) is 9.08. The normalized spacial score (nSPS) is 18.3. The molecular formula is C19H26N4O3. The lowest BCUT2D eigenvalue weighted by atomic mass is 10.2. The van der Waals surface area contributed by atoms with E-state index in [0.29, 0.717) is 24.5 Å². The molecule has 1 aliphatic heterocycles. The van der Waals surface area contributed by atoms with Gasteiger partial charge < -0.3 is 10.1 Å². The summed E-state index contributed by atoms with van der Waals surface area (Å²) in [7, 11) is 0. The van der Waals surface area contributed by atoms with Gasteiger partial charge in [-0.15, -0.1) is 0 Å². The van der Waals surface area contributed by atoms with Crippen molar-refractivity contribution in [3.05, 3.63) is 40.8 Å². The fourth-order valence-electron chi connectivity index (χ4n) is 3.25. The summed E-state index contributed by atoms with van der Waals surface area (Å²) in [6, 6.07) is 7.23. The monoisotopic (exact) mass is 358 g/mol. The van der Waals surface area contributed by atoms with Gasteiger partial charge >= 0.3 is 0 Å². The maximum Gasteiger partial charge on any atom is 0.275 e. The molecule has 7 nitrogen and oxygen atoms in total. The van der Waals surface area contributed by atoms with Crippen LogP contribution in [0.5, 0.6) is 0 Å². The first kappa shape index (κ1) is 18.5. The number of amides is 1. The Morgan fingerprint density at radius 1 is 1.38 bits per heavy atom. The molecule has 7 heteroatoms. The third-order valence-corrected chi connectivity index (χ3v) is 4.43. The Hall–Kier alpha value is -2.25. The number of nitrogens with zero attached hydrogens (tertiary/aromatic N) is 3. The lowest BCUT2D eigenvalue weighted by Gasteiger charge is -2.33. The van der Waals surface area contributed by atoms with E-state index >= 15 is 0 Å². The summed E-state index contributed by atoms with van der Waals surface area (Å²) in [5.74, 6) is 0.369. The molecule has 0 unspecified atom stereocenters. The lowest BCUT2D eigenvalue weighted by Crippen LogP contribution is -2.49. The maximum absolute atomic E-state index is 12.4. The van der Waals surface area contributed by atoms with Crippen molar-refractivity contribution < 1.29 is 9.53 Å². The van der Waals surface area contributed by atoms with E-state index in [1.54, 1.807) is 18.3 Å². The second-order valence-electron chi connectivity index (χ2n) is 7.14. The maximum atomic E-state index is 12.4. The first-order chi connectivity index (χ1) is 12.5. The highest BCUT2D eigenvalue weighted by Crippen LogP contribution is 2.08. The minimum Gasteiger partial charge on any atom is -0.374 e. The second-order valence-corrected chi connectivity index (χ2v) is 7.14. The molecule has 2 aromatic rings. The largest absolute Gasteiger partial charge is 0.374 e. The molecule has 1 atom stereocenters. The van der Waals surface area contributed by atoms with Crippen LogP contribution >= 0.6 is 0 Å². The van der Waals surface area contributed by atoms with Gasteiger partial charge in [0.05, 0.1) is 24.3 Å². The Kier molecular flexibility index (Phi) is 6.00. The van der Waals surface area contributed by atoms with E-state index in [0.717, 1.165) is 25.0 Å². The number of carbonyl (C=O) groups excluding carboxylic acids is 1. The summed E-state index contributed by atoms with van der Waals surface area (Å²) in [4.78, 5) is 27.0. The highest BCUT2D eigenvalue weighted by Gasteiger charge is 2.21. The molecule has 0 radical (unpaired) electrons. The zero-order valence-corrected chi connectivity index (χ0v) is 15.4. The molecule has 1 aromatic heterocycles. The van der Waals surface area contributed by atoms with Crippen LogP contribution in [0.3, 0.4) is 0 Å². The van der Waals surface area contributed by atoms with E-state index in [9.17, 15) is 9.59 Å². The highest BCUT2D eigenvalue weighted by atomic mass is 16.5. The van der Waals surface area contributed by atoms with Crippen LogP contribution < -0.4 is 10.9 Å². The summed E-state index contributed by atoms with van der Waals surface area (Å²) < 4.78 is 6.93. The lowest BCUT2D eigenvalue weighted by molar-refractivity contribution is -0.123. The molecule has 0 aliphatic carbocycles. The van der Waals surface area contributed by atoms with Crippen molar-refractivity contribution in [3.8, 4) is 0 Å². The number of benzene rings is 1. The van der Waals surface area contributed by atoms with Crippen LogP contribution in [0.25, 0.3) is 10.8 Å². The molecule has 2 heterocycles. The van der Waals surface area contributed by atoms with Crippen molar-refractivity contribution in [1.82, 2.24) is 20.0 Å². The average Bonchev–Trinajstić information content (AvgIpc) is 2.62. The molecule has 1 aliphatic rings.